The first-order chi connectivity index (χ1) is 9.65. The maximum Gasteiger partial charge on any atom is 0.0589 e. The second-order valence-corrected chi connectivity index (χ2v) is 6.57. The maximum absolute atomic E-state index is 6.30. The molecule has 0 spiro atoms. The average molecular weight is 326 g/mol. The molecule has 0 aliphatic carbocycles. The largest absolute Gasteiger partial charge is 0.309 e. The molecule has 2 aromatic carbocycles. The number of benzene rings is 2. The van der Waals surface area contributed by atoms with Gasteiger partial charge in [-0.3, -0.25) is 0 Å². The Labute approximate surface area is 134 Å². The van der Waals surface area contributed by atoms with Crippen LogP contribution in [0.5, 0.6) is 0 Å². The Morgan fingerprint density at radius 2 is 1.80 bits per heavy atom. The third kappa shape index (κ3) is 3.70. The minimum absolute atomic E-state index is 0.0434. The highest BCUT2D eigenvalue weighted by atomic mass is 35.5. The highest BCUT2D eigenvalue weighted by molar-refractivity contribution is 7.99. The molecule has 4 heteroatoms. The van der Waals surface area contributed by atoms with Gasteiger partial charge in [0.1, 0.15) is 0 Å². The molecule has 2 rings (SSSR count). The van der Waals surface area contributed by atoms with E-state index >= 15 is 0 Å². The van der Waals surface area contributed by atoms with E-state index in [1.807, 2.05) is 30.9 Å². The molecule has 0 heterocycles. The molecule has 1 N–H and O–H groups in total. The fourth-order valence-electron chi connectivity index (χ4n) is 2.16. The second kappa shape index (κ2) is 7.37. The first-order valence-electron chi connectivity index (χ1n) is 6.50. The standard InChI is InChI=1S/C16H17Cl2NS/c1-3-20-13-7-4-11(5-8-13)16(19-2)14-10-12(17)6-9-15(14)18/h4-10,16,19H,3H2,1-2H3. The summed E-state index contributed by atoms with van der Waals surface area (Å²) in [5, 5.41) is 4.72. The van der Waals surface area contributed by atoms with Crippen LogP contribution < -0.4 is 5.32 Å². The van der Waals surface area contributed by atoms with Crippen LogP contribution in [0.1, 0.15) is 24.1 Å². The maximum atomic E-state index is 6.30. The first-order valence-corrected chi connectivity index (χ1v) is 8.24. The first kappa shape index (κ1) is 15.7. The van der Waals surface area contributed by atoms with Gasteiger partial charge >= 0.3 is 0 Å². The average Bonchev–Trinajstić information content (AvgIpc) is 2.45. The van der Waals surface area contributed by atoms with Crippen molar-refractivity contribution in [2.45, 2.75) is 17.9 Å². The highest BCUT2D eigenvalue weighted by Gasteiger charge is 2.15. The molecule has 0 saturated carbocycles. The van der Waals surface area contributed by atoms with Crippen LogP contribution in [-0.4, -0.2) is 12.8 Å². The van der Waals surface area contributed by atoms with Gasteiger partial charge in [0.05, 0.1) is 6.04 Å². The highest BCUT2D eigenvalue weighted by Crippen LogP contribution is 2.31. The van der Waals surface area contributed by atoms with Gasteiger partial charge in [-0.25, -0.2) is 0 Å². The normalized spacial score (nSPS) is 12.4. The fourth-order valence-corrected chi connectivity index (χ4v) is 3.23. The lowest BCUT2D eigenvalue weighted by Gasteiger charge is -2.19. The molecule has 1 nitrogen and oxygen atoms in total. The summed E-state index contributed by atoms with van der Waals surface area (Å²) in [5.41, 5.74) is 2.18. The minimum atomic E-state index is 0.0434. The van der Waals surface area contributed by atoms with Crippen LogP contribution >= 0.6 is 35.0 Å². The monoisotopic (exact) mass is 325 g/mol. The number of rotatable bonds is 5. The van der Waals surface area contributed by atoms with Gasteiger partial charge in [0.2, 0.25) is 0 Å². The molecule has 0 bridgehead atoms. The van der Waals surface area contributed by atoms with E-state index in [2.05, 4.69) is 36.5 Å². The Morgan fingerprint density at radius 1 is 1.10 bits per heavy atom. The van der Waals surface area contributed by atoms with Gasteiger partial charge in [0.15, 0.2) is 0 Å². The zero-order chi connectivity index (χ0) is 14.5. The molecule has 0 saturated heterocycles. The van der Waals surface area contributed by atoms with Crippen LogP contribution in [-0.2, 0) is 0 Å². The van der Waals surface area contributed by atoms with Gasteiger partial charge in [-0.1, -0.05) is 42.3 Å². The van der Waals surface area contributed by atoms with Crippen molar-refractivity contribution in [2.75, 3.05) is 12.8 Å². The summed E-state index contributed by atoms with van der Waals surface area (Å²) >= 11 is 14.2. The van der Waals surface area contributed by atoms with Gasteiger partial charge in [0, 0.05) is 14.9 Å². The predicted octanol–water partition coefficient (Wildman–Crippen LogP) is 5.41. The second-order valence-electron chi connectivity index (χ2n) is 4.39. The summed E-state index contributed by atoms with van der Waals surface area (Å²) in [6.07, 6.45) is 0. The van der Waals surface area contributed by atoms with Gasteiger partial charge in [-0.15, -0.1) is 11.8 Å². The van der Waals surface area contributed by atoms with Crippen LogP contribution in [0.3, 0.4) is 0 Å². The lowest BCUT2D eigenvalue weighted by molar-refractivity contribution is 0.691. The van der Waals surface area contributed by atoms with E-state index in [1.54, 1.807) is 6.07 Å². The van der Waals surface area contributed by atoms with Crippen molar-refractivity contribution in [3.8, 4) is 0 Å². The van der Waals surface area contributed by atoms with Gasteiger partial charge in [-0.2, -0.15) is 0 Å². The minimum Gasteiger partial charge on any atom is -0.309 e. The van der Waals surface area contributed by atoms with Gasteiger partial charge < -0.3 is 5.32 Å². The molecule has 20 heavy (non-hydrogen) atoms. The summed E-state index contributed by atoms with van der Waals surface area (Å²) < 4.78 is 0. The van der Waals surface area contributed by atoms with Crippen molar-refractivity contribution in [1.29, 1.82) is 0 Å². The third-order valence-electron chi connectivity index (χ3n) is 3.08. The number of nitrogens with one attached hydrogen (secondary N) is 1. The Morgan fingerprint density at radius 3 is 2.40 bits per heavy atom. The SMILES string of the molecule is CCSc1ccc(C(NC)c2cc(Cl)ccc2Cl)cc1. The Kier molecular flexibility index (Phi) is 5.79. The molecular weight excluding hydrogens is 309 g/mol. The van der Waals surface area contributed by atoms with E-state index < -0.39 is 0 Å². The summed E-state index contributed by atoms with van der Waals surface area (Å²) in [7, 11) is 1.93. The third-order valence-corrected chi connectivity index (χ3v) is 4.56. The molecular formula is C16H17Cl2NS. The summed E-state index contributed by atoms with van der Waals surface area (Å²) in [5.74, 6) is 1.08. The van der Waals surface area contributed by atoms with Crippen LogP contribution in [0, 0.1) is 0 Å². The Hall–Kier alpha value is -0.670. The molecule has 1 atom stereocenters. The molecule has 0 aliphatic rings. The zero-order valence-corrected chi connectivity index (χ0v) is 13.8. The van der Waals surface area contributed by atoms with Crippen molar-refractivity contribution < 1.29 is 0 Å². The van der Waals surface area contributed by atoms with E-state index in [0.717, 1.165) is 16.3 Å². The van der Waals surface area contributed by atoms with E-state index in [-0.39, 0.29) is 6.04 Å². The lowest BCUT2D eigenvalue weighted by Crippen LogP contribution is -2.18. The lowest BCUT2D eigenvalue weighted by atomic mass is 9.99. The molecule has 1 unspecified atom stereocenters. The number of hydrogen-bond acceptors (Lipinski definition) is 2. The van der Waals surface area contributed by atoms with Crippen molar-refractivity contribution in [3.05, 3.63) is 63.6 Å². The quantitative estimate of drug-likeness (QED) is 0.737. The predicted molar refractivity (Wildman–Crippen MR) is 90.2 cm³/mol. The summed E-state index contributed by atoms with van der Waals surface area (Å²) in [6.45, 7) is 2.15. The Bertz CT molecular complexity index is 569. The zero-order valence-electron chi connectivity index (χ0n) is 11.5. The number of thioether (sulfide) groups is 1. The molecule has 0 aromatic heterocycles. The van der Waals surface area contributed by atoms with Crippen LogP contribution in [0.2, 0.25) is 10.0 Å². The molecule has 0 fully saturated rings. The Balaban J connectivity index is 2.34. The summed E-state index contributed by atoms with van der Waals surface area (Å²) in [6, 6.07) is 14.2. The van der Waals surface area contributed by atoms with Crippen molar-refractivity contribution in [3.63, 3.8) is 0 Å². The topological polar surface area (TPSA) is 12.0 Å². The number of halogens is 2. The van der Waals surface area contributed by atoms with E-state index in [0.29, 0.717) is 5.02 Å². The van der Waals surface area contributed by atoms with E-state index in [9.17, 15) is 0 Å². The summed E-state index contributed by atoms with van der Waals surface area (Å²) in [4.78, 5) is 1.28. The van der Waals surface area contributed by atoms with E-state index in [4.69, 9.17) is 23.2 Å². The van der Waals surface area contributed by atoms with E-state index in [1.165, 1.54) is 10.5 Å². The van der Waals surface area contributed by atoms with Crippen molar-refractivity contribution in [2.24, 2.45) is 0 Å². The fraction of sp³-hybridized carbons (Fsp3) is 0.250. The van der Waals surface area contributed by atoms with Crippen LogP contribution in [0.25, 0.3) is 0 Å². The van der Waals surface area contributed by atoms with Crippen molar-refractivity contribution >= 4 is 35.0 Å². The molecule has 106 valence electrons. The van der Waals surface area contributed by atoms with Gasteiger partial charge in [-0.05, 0) is 54.3 Å². The number of hydrogen-bond donors (Lipinski definition) is 1. The molecule has 0 radical (unpaired) electrons. The molecule has 0 amide bonds. The van der Waals surface area contributed by atoms with Gasteiger partial charge in [0.25, 0.3) is 0 Å². The van der Waals surface area contributed by atoms with Crippen LogP contribution in [0.4, 0.5) is 0 Å². The van der Waals surface area contributed by atoms with Crippen molar-refractivity contribution in [1.82, 2.24) is 5.32 Å². The molecule has 0 aliphatic heterocycles. The van der Waals surface area contributed by atoms with Crippen LogP contribution in [0.15, 0.2) is 47.4 Å². The smallest absolute Gasteiger partial charge is 0.0589 e. The molecule has 2 aromatic rings.